The van der Waals surface area contributed by atoms with Crippen molar-refractivity contribution in [2.75, 3.05) is 5.32 Å². The Morgan fingerprint density at radius 1 is 0.545 bits per heavy atom. The lowest BCUT2D eigenvalue weighted by Gasteiger charge is -2.26. The maximum absolute atomic E-state index is 5.90. The molecule has 0 fully saturated rings. The Kier molecular flexibility index (Phi) is 8.22. The normalized spacial score (nSPS) is 15.7. The second-order valence-electron chi connectivity index (χ2n) is 17.9. The first-order valence-corrected chi connectivity index (χ1v) is 23.8. The van der Waals surface area contributed by atoms with E-state index in [0.29, 0.717) is 5.92 Å². The molecule has 1 N–H and O–H groups in total. The van der Waals surface area contributed by atoms with Gasteiger partial charge in [0.25, 0.3) is 0 Å². The van der Waals surface area contributed by atoms with Crippen molar-refractivity contribution in [1.82, 2.24) is 9.13 Å². The van der Waals surface area contributed by atoms with Crippen molar-refractivity contribution in [2.24, 2.45) is 4.99 Å². The summed E-state index contributed by atoms with van der Waals surface area (Å²) in [6.07, 6.45) is 5.32. The standard InChI is InChI=1S/C61H42N4S/c1-37-15-12-27-52-56(37)57-47(25-14-28-53(57)64(52)43-21-6-3-7-22-43)58-60-59(50-34-42(30-32-55(50)66-60)38-16-4-2-5-17-38)63-61(62-58)46-24-13-20-39-29-31-44(36-48(39)46)65-51-26-11-10-23-45(51)49-33-40-18-8-9-19-41(40)35-54(49)65/h2-14,16-37,61,63H,15H2,1H3. The van der Waals surface area contributed by atoms with Gasteiger partial charge in [0.1, 0.15) is 6.17 Å². The van der Waals surface area contributed by atoms with E-state index in [-0.39, 0.29) is 6.17 Å². The molecule has 3 aromatic heterocycles. The summed E-state index contributed by atoms with van der Waals surface area (Å²) in [5.41, 5.74) is 15.5. The molecule has 12 aromatic rings. The second kappa shape index (κ2) is 14.5. The van der Waals surface area contributed by atoms with Gasteiger partial charge in [-0.1, -0.05) is 146 Å². The number of nitrogens with one attached hydrogen (secondary N) is 1. The smallest absolute Gasteiger partial charge is 0.146 e. The lowest BCUT2D eigenvalue weighted by Crippen LogP contribution is -2.20. The van der Waals surface area contributed by atoms with Crippen LogP contribution in [0.2, 0.25) is 0 Å². The number of aliphatic imine (C=N–C) groups is 1. The van der Waals surface area contributed by atoms with E-state index in [9.17, 15) is 0 Å². The second-order valence-corrected chi connectivity index (χ2v) is 19.0. The van der Waals surface area contributed by atoms with E-state index in [1.165, 1.54) is 103 Å². The van der Waals surface area contributed by atoms with E-state index < -0.39 is 0 Å². The fourth-order valence-electron chi connectivity index (χ4n) is 11.1. The lowest BCUT2D eigenvalue weighted by molar-refractivity contribution is 0.772. The summed E-state index contributed by atoms with van der Waals surface area (Å²) < 4.78 is 6.15. The molecule has 9 aromatic carbocycles. The van der Waals surface area contributed by atoms with E-state index >= 15 is 0 Å². The average Bonchev–Trinajstić information content (AvgIpc) is 4.03. The number of nitrogens with zero attached hydrogens (tertiary/aromatic N) is 3. The number of hydrogen-bond donors (Lipinski definition) is 1. The van der Waals surface area contributed by atoms with Crippen LogP contribution in [0.5, 0.6) is 0 Å². The predicted molar refractivity (Wildman–Crippen MR) is 280 cm³/mol. The van der Waals surface area contributed by atoms with E-state index in [2.05, 4.69) is 228 Å². The summed E-state index contributed by atoms with van der Waals surface area (Å²) in [5.74, 6) is 0.349. The van der Waals surface area contributed by atoms with Gasteiger partial charge in [0.15, 0.2) is 0 Å². The summed E-state index contributed by atoms with van der Waals surface area (Å²) in [5, 5.41) is 14.0. The van der Waals surface area contributed by atoms with Crippen molar-refractivity contribution < 1.29 is 0 Å². The first kappa shape index (κ1) is 37.4. The molecule has 0 saturated carbocycles. The van der Waals surface area contributed by atoms with Gasteiger partial charge in [-0.3, -0.25) is 4.99 Å². The maximum atomic E-state index is 5.90. The summed E-state index contributed by atoms with van der Waals surface area (Å²) in [7, 11) is 0. The summed E-state index contributed by atoms with van der Waals surface area (Å²) >= 11 is 1.84. The Morgan fingerprint density at radius 2 is 1.30 bits per heavy atom. The lowest BCUT2D eigenvalue weighted by atomic mass is 9.87. The molecule has 4 heterocycles. The summed E-state index contributed by atoms with van der Waals surface area (Å²) in [6.45, 7) is 2.38. The minimum atomic E-state index is -0.355. The van der Waals surface area contributed by atoms with Crippen LogP contribution in [0.3, 0.4) is 0 Å². The minimum absolute atomic E-state index is 0.349. The number of allylic oxidation sites excluding steroid dienone is 1. The third-order valence-corrected chi connectivity index (χ3v) is 15.3. The molecular weight excluding hydrogens is 821 g/mol. The van der Waals surface area contributed by atoms with Gasteiger partial charge >= 0.3 is 0 Å². The van der Waals surface area contributed by atoms with Crippen molar-refractivity contribution >= 4 is 93.2 Å². The number of fused-ring (bicyclic) bond motifs is 11. The fraction of sp³-hybridized carbons (Fsp3) is 0.0656. The number of thiophene rings is 1. The molecule has 1 aliphatic carbocycles. The zero-order valence-corrected chi connectivity index (χ0v) is 37.1. The van der Waals surface area contributed by atoms with Crippen LogP contribution in [0.25, 0.3) is 92.9 Å². The molecule has 1 aliphatic heterocycles. The van der Waals surface area contributed by atoms with Gasteiger partial charge in [-0.05, 0) is 117 Å². The van der Waals surface area contributed by atoms with Crippen molar-refractivity contribution in [3.05, 3.63) is 227 Å². The van der Waals surface area contributed by atoms with Gasteiger partial charge in [0.05, 0.1) is 38.5 Å². The third-order valence-electron chi connectivity index (χ3n) is 14.1. The quantitative estimate of drug-likeness (QED) is 0.184. The average molecular weight is 863 g/mol. The van der Waals surface area contributed by atoms with Gasteiger partial charge in [0, 0.05) is 48.7 Å². The number of para-hydroxylation sites is 2. The number of anilines is 1. The SMILES string of the molecule is CC1CC=Cc2c1c1c(C3=NC(c4cccc5ccc(-n6c7ccccc7c7cc8ccccc8cc76)cc45)Nc4c3sc3ccc(-c5ccccc5)cc43)cccc1n2-c1ccccc1. The first-order valence-electron chi connectivity index (χ1n) is 23.0. The number of rotatable bonds is 5. The largest absolute Gasteiger partial charge is 0.358 e. The van der Waals surface area contributed by atoms with Crippen molar-refractivity contribution in [3.8, 4) is 22.5 Å². The van der Waals surface area contributed by atoms with E-state index in [1.807, 2.05) is 11.3 Å². The van der Waals surface area contributed by atoms with Crippen molar-refractivity contribution in [3.63, 3.8) is 0 Å². The van der Waals surface area contributed by atoms with E-state index in [0.717, 1.165) is 29.1 Å². The van der Waals surface area contributed by atoms with Crippen molar-refractivity contribution in [1.29, 1.82) is 0 Å². The highest BCUT2D eigenvalue weighted by molar-refractivity contribution is 7.22. The van der Waals surface area contributed by atoms with Gasteiger partial charge in [-0.25, -0.2) is 0 Å². The monoisotopic (exact) mass is 862 g/mol. The Bertz CT molecular complexity index is 4020. The Labute approximate surface area is 386 Å². The molecule has 2 aliphatic rings. The molecule has 0 bridgehead atoms. The third kappa shape index (κ3) is 5.60. The van der Waals surface area contributed by atoms with Crippen LogP contribution in [0, 0.1) is 0 Å². The molecule has 2 unspecified atom stereocenters. The summed E-state index contributed by atoms with van der Waals surface area (Å²) in [6, 6.07) is 71.2. The van der Waals surface area contributed by atoms with Crippen molar-refractivity contribution in [2.45, 2.75) is 25.4 Å². The Balaban J connectivity index is 1.02. The van der Waals surface area contributed by atoms with Crippen LogP contribution in [0.15, 0.2) is 205 Å². The molecule has 0 amide bonds. The molecule has 312 valence electrons. The topological polar surface area (TPSA) is 34.2 Å². The molecule has 4 nitrogen and oxygen atoms in total. The van der Waals surface area contributed by atoms with Crippen LogP contribution < -0.4 is 5.32 Å². The number of benzene rings is 9. The van der Waals surface area contributed by atoms with Crippen LogP contribution in [-0.2, 0) is 0 Å². The fourth-order valence-corrected chi connectivity index (χ4v) is 12.3. The maximum Gasteiger partial charge on any atom is 0.146 e. The van der Waals surface area contributed by atoms with Gasteiger partial charge < -0.3 is 14.5 Å². The first-order chi connectivity index (χ1) is 32.6. The molecule has 0 spiro atoms. The van der Waals surface area contributed by atoms with Gasteiger partial charge in [-0.2, -0.15) is 0 Å². The predicted octanol–water partition coefficient (Wildman–Crippen LogP) is 16.4. The van der Waals surface area contributed by atoms with Gasteiger partial charge in [-0.15, -0.1) is 11.3 Å². The summed E-state index contributed by atoms with van der Waals surface area (Å²) in [4.78, 5) is 7.08. The van der Waals surface area contributed by atoms with Crippen LogP contribution in [-0.4, -0.2) is 14.8 Å². The highest BCUT2D eigenvalue weighted by atomic mass is 32.1. The zero-order valence-electron chi connectivity index (χ0n) is 36.2. The Hall–Kier alpha value is -7.99. The number of aromatic nitrogens is 2. The molecule has 2 atom stereocenters. The molecule has 0 saturated heterocycles. The minimum Gasteiger partial charge on any atom is -0.358 e. The highest BCUT2D eigenvalue weighted by Crippen LogP contribution is 2.48. The molecule has 0 radical (unpaired) electrons. The Morgan fingerprint density at radius 3 is 2.18 bits per heavy atom. The molecule has 66 heavy (non-hydrogen) atoms. The molecule has 14 rings (SSSR count). The van der Waals surface area contributed by atoms with Crippen LogP contribution in [0.4, 0.5) is 5.69 Å². The molecule has 5 heteroatoms. The van der Waals surface area contributed by atoms with E-state index in [1.54, 1.807) is 0 Å². The van der Waals surface area contributed by atoms with Crippen LogP contribution >= 0.6 is 11.3 Å². The van der Waals surface area contributed by atoms with Crippen LogP contribution in [0.1, 0.15) is 52.7 Å². The van der Waals surface area contributed by atoms with E-state index in [4.69, 9.17) is 4.99 Å². The van der Waals surface area contributed by atoms with Gasteiger partial charge in [0.2, 0.25) is 0 Å². The number of hydrogen-bond acceptors (Lipinski definition) is 3. The highest BCUT2D eigenvalue weighted by Gasteiger charge is 2.32. The zero-order chi connectivity index (χ0) is 43.5. The molecular formula is C61H42N4S.